The monoisotopic (exact) mass is 170 g/mol. The zero-order valence-corrected chi connectivity index (χ0v) is 7.42. The van der Waals surface area contributed by atoms with Crippen LogP contribution in [-0.4, -0.2) is 44.0 Å². The second-order valence-electron chi connectivity index (χ2n) is 3.06. The van der Waals surface area contributed by atoms with Gasteiger partial charge in [0.15, 0.2) is 6.29 Å². The standard InChI is InChI=1S/C9H16NO2/c11-7-3-1-2-4-10-5-8-12-9-6-10/h1-6,8-9H2. The lowest BCUT2D eigenvalue weighted by Gasteiger charge is -2.26. The Morgan fingerprint density at radius 2 is 2.00 bits per heavy atom. The van der Waals surface area contributed by atoms with Gasteiger partial charge in [-0.2, -0.15) is 0 Å². The van der Waals surface area contributed by atoms with Crippen LogP contribution >= 0.6 is 0 Å². The fourth-order valence-corrected chi connectivity index (χ4v) is 1.36. The molecule has 69 valence electrons. The normalized spacial score (nSPS) is 19.3. The van der Waals surface area contributed by atoms with E-state index in [9.17, 15) is 4.79 Å². The van der Waals surface area contributed by atoms with Crippen molar-refractivity contribution >= 4 is 6.29 Å². The molecule has 1 aliphatic rings. The molecule has 1 radical (unpaired) electrons. The first-order valence-corrected chi connectivity index (χ1v) is 4.58. The first-order valence-electron chi connectivity index (χ1n) is 4.58. The minimum atomic E-state index is 0.588. The Hall–Kier alpha value is -0.410. The molecule has 1 fully saturated rings. The van der Waals surface area contributed by atoms with Crippen molar-refractivity contribution < 1.29 is 9.53 Å². The zero-order valence-electron chi connectivity index (χ0n) is 7.42. The highest BCUT2D eigenvalue weighted by atomic mass is 16.5. The first kappa shape index (κ1) is 9.68. The van der Waals surface area contributed by atoms with Gasteiger partial charge >= 0.3 is 0 Å². The molecule has 12 heavy (non-hydrogen) atoms. The number of unbranched alkanes of at least 4 members (excludes halogenated alkanes) is 2. The summed E-state index contributed by atoms with van der Waals surface area (Å²) >= 11 is 0. The fourth-order valence-electron chi connectivity index (χ4n) is 1.36. The summed E-state index contributed by atoms with van der Waals surface area (Å²) in [6, 6.07) is 0. The molecule has 1 aliphatic heterocycles. The molecule has 0 spiro atoms. The third-order valence-electron chi connectivity index (χ3n) is 2.11. The molecule has 1 saturated heterocycles. The highest BCUT2D eigenvalue weighted by Crippen LogP contribution is 2.00. The maximum atomic E-state index is 9.90. The van der Waals surface area contributed by atoms with Crippen LogP contribution in [0, 0.1) is 0 Å². The van der Waals surface area contributed by atoms with Crippen molar-refractivity contribution in [1.82, 2.24) is 4.90 Å². The van der Waals surface area contributed by atoms with E-state index in [1.165, 1.54) is 0 Å². The van der Waals surface area contributed by atoms with Crippen molar-refractivity contribution in [2.24, 2.45) is 0 Å². The van der Waals surface area contributed by atoms with E-state index >= 15 is 0 Å². The van der Waals surface area contributed by atoms with Gasteiger partial charge < -0.3 is 4.74 Å². The molecule has 1 heterocycles. The van der Waals surface area contributed by atoms with E-state index in [-0.39, 0.29) is 0 Å². The van der Waals surface area contributed by atoms with Gasteiger partial charge in [0, 0.05) is 19.5 Å². The van der Waals surface area contributed by atoms with Crippen molar-refractivity contribution in [1.29, 1.82) is 0 Å². The number of nitrogens with zero attached hydrogens (tertiary/aromatic N) is 1. The summed E-state index contributed by atoms with van der Waals surface area (Å²) in [7, 11) is 0. The molecule has 0 aromatic heterocycles. The van der Waals surface area contributed by atoms with E-state index in [2.05, 4.69) is 4.90 Å². The molecule has 0 aliphatic carbocycles. The number of rotatable bonds is 5. The topological polar surface area (TPSA) is 29.5 Å². The molecule has 0 unspecified atom stereocenters. The molecule has 3 nitrogen and oxygen atoms in total. The van der Waals surface area contributed by atoms with Gasteiger partial charge in [-0.05, 0) is 19.4 Å². The lowest BCUT2D eigenvalue weighted by Crippen LogP contribution is -2.36. The number of morpholine rings is 1. The average Bonchev–Trinajstić information content (AvgIpc) is 2.14. The van der Waals surface area contributed by atoms with Crippen LogP contribution in [0.1, 0.15) is 19.3 Å². The van der Waals surface area contributed by atoms with Crippen molar-refractivity contribution in [3.05, 3.63) is 0 Å². The maximum absolute atomic E-state index is 9.90. The van der Waals surface area contributed by atoms with Crippen LogP contribution in [0.15, 0.2) is 0 Å². The maximum Gasteiger partial charge on any atom is 0.198 e. The molecular formula is C9H16NO2. The van der Waals surface area contributed by atoms with Gasteiger partial charge in [-0.3, -0.25) is 9.69 Å². The van der Waals surface area contributed by atoms with Gasteiger partial charge in [-0.15, -0.1) is 0 Å². The van der Waals surface area contributed by atoms with Crippen molar-refractivity contribution in [2.45, 2.75) is 19.3 Å². The second-order valence-corrected chi connectivity index (χ2v) is 3.06. The van der Waals surface area contributed by atoms with Gasteiger partial charge in [0.05, 0.1) is 13.2 Å². The van der Waals surface area contributed by atoms with E-state index in [0.29, 0.717) is 6.42 Å². The Kier molecular flexibility index (Phi) is 4.95. The lowest BCUT2D eigenvalue weighted by molar-refractivity contribution is 0.0372. The second kappa shape index (κ2) is 6.14. The van der Waals surface area contributed by atoms with Crippen molar-refractivity contribution in [3.63, 3.8) is 0 Å². The minimum Gasteiger partial charge on any atom is -0.379 e. The SMILES string of the molecule is O=[C]CCCCN1CCOCC1. The summed E-state index contributed by atoms with van der Waals surface area (Å²) in [6.45, 7) is 4.92. The third-order valence-corrected chi connectivity index (χ3v) is 2.11. The predicted octanol–water partition coefficient (Wildman–Crippen LogP) is 0.599. The molecule has 0 saturated carbocycles. The van der Waals surface area contributed by atoms with Crippen LogP contribution in [0.25, 0.3) is 0 Å². The van der Waals surface area contributed by atoms with E-state index in [1.54, 1.807) is 0 Å². The van der Waals surface area contributed by atoms with Gasteiger partial charge in [-0.25, -0.2) is 0 Å². The molecular weight excluding hydrogens is 154 g/mol. The Bertz CT molecular complexity index is 122. The Morgan fingerprint density at radius 3 is 2.67 bits per heavy atom. The average molecular weight is 170 g/mol. The third kappa shape index (κ3) is 3.83. The molecule has 3 heteroatoms. The van der Waals surface area contributed by atoms with Crippen molar-refractivity contribution in [3.8, 4) is 0 Å². The summed E-state index contributed by atoms with van der Waals surface area (Å²) in [5.41, 5.74) is 0. The summed E-state index contributed by atoms with van der Waals surface area (Å²) in [5.74, 6) is 0. The molecule has 0 bridgehead atoms. The zero-order chi connectivity index (χ0) is 8.65. The number of hydrogen-bond donors (Lipinski definition) is 0. The highest BCUT2D eigenvalue weighted by molar-refractivity contribution is 5.50. The van der Waals surface area contributed by atoms with Gasteiger partial charge in [-0.1, -0.05) is 0 Å². The summed E-state index contributed by atoms with van der Waals surface area (Å²) < 4.78 is 5.22. The molecule has 1 rings (SSSR count). The van der Waals surface area contributed by atoms with E-state index in [0.717, 1.165) is 45.7 Å². The van der Waals surface area contributed by atoms with Gasteiger partial charge in [0.25, 0.3) is 0 Å². The Balaban J connectivity index is 1.94. The van der Waals surface area contributed by atoms with Crippen LogP contribution < -0.4 is 0 Å². The van der Waals surface area contributed by atoms with Crippen molar-refractivity contribution in [2.75, 3.05) is 32.8 Å². The summed E-state index contributed by atoms with van der Waals surface area (Å²) in [4.78, 5) is 12.3. The Labute approximate surface area is 73.7 Å². The molecule has 0 aromatic rings. The minimum absolute atomic E-state index is 0.588. The smallest absolute Gasteiger partial charge is 0.198 e. The van der Waals surface area contributed by atoms with Crippen LogP contribution in [0.3, 0.4) is 0 Å². The van der Waals surface area contributed by atoms with Crippen LogP contribution in [-0.2, 0) is 9.53 Å². The lowest BCUT2D eigenvalue weighted by atomic mass is 10.2. The van der Waals surface area contributed by atoms with E-state index in [1.807, 2.05) is 6.29 Å². The fraction of sp³-hybridized carbons (Fsp3) is 0.889. The van der Waals surface area contributed by atoms with Crippen LogP contribution in [0.2, 0.25) is 0 Å². The highest BCUT2D eigenvalue weighted by Gasteiger charge is 2.08. The predicted molar refractivity (Wildman–Crippen MR) is 46.8 cm³/mol. The molecule has 0 amide bonds. The Morgan fingerprint density at radius 1 is 1.25 bits per heavy atom. The van der Waals surface area contributed by atoms with E-state index in [4.69, 9.17) is 4.74 Å². The van der Waals surface area contributed by atoms with Gasteiger partial charge in [0.2, 0.25) is 0 Å². The molecule has 0 aromatic carbocycles. The van der Waals surface area contributed by atoms with E-state index < -0.39 is 0 Å². The molecule has 0 atom stereocenters. The number of ether oxygens (including phenoxy) is 1. The molecule has 0 N–H and O–H groups in total. The first-order chi connectivity index (χ1) is 5.93. The largest absolute Gasteiger partial charge is 0.379 e. The summed E-state index contributed by atoms with van der Waals surface area (Å²) in [6.07, 6.45) is 4.58. The van der Waals surface area contributed by atoms with Crippen LogP contribution in [0.5, 0.6) is 0 Å². The van der Waals surface area contributed by atoms with Gasteiger partial charge in [0.1, 0.15) is 0 Å². The number of hydrogen-bond acceptors (Lipinski definition) is 3. The number of carbonyl (C=O) groups excluding carboxylic acids is 1. The van der Waals surface area contributed by atoms with Crippen LogP contribution in [0.4, 0.5) is 0 Å². The summed E-state index contributed by atoms with van der Waals surface area (Å²) in [5, 5.41) is 0. The quantitative estimate of drug-likeness (QED) is 0.566.